The fraction of sp³-hybridized carbons (Fsp3) is 0.455. The zero-order valence-corrected chi connectivity index (χ0v) is 12.7. The van der Waals surface area contributed by atoms with Crippen LogP contribution in [0.5, 0.6) is 5.75 Å². The Morgan fingerprint density at radius 2 is 2.00 bits per heavy atom. The van der Waals surface area contributed by atoms with Crippen molar-refractivity contribution in [3.63, 3.8) is 0 Å². The summed E-state index contributed by atoms with van der Waals surface area (Å²) in [4.78, 5) is 0. The maximum atomic E-state index is 12.8. The monoisotopic (exact) mass is 335 g/mol. The summed E-state index contributed by atoms with van der Waals surface area (Å²) in [5.41, 5.74) is 0.858. The van der Waals surface area contributed by atoms with Crippen molar-refractivity contribution in [1.82, 2.24) is 0 Å². The molecule has 1 rings (SSSR count). The summed E-state index contributed by atoms with van der Waals surface area (Å²) in [6.07, 6.45) is 0. The Labute approximate surface area is 103 Å². The molecule has 1 aromatic carbocycles. The predicted molar refractivity (Wildman–Crippen MR) is 66.3 cm³/mol. The molecule has 0 heterocycles. The van der Waals surface area contributed by atoms with Gasteiger partial charge in [0.25, 0.3) is 0 Å². The average molecular weight is 335 g/mol. The molecule has 0 amide bonds. The van der Waals surface area contributed by atoms with Gasteiger partial charge in [0.15, 0.2) is 0 Å². The molecule has 0 unspecified atom stereocenters. The fourth-order valence-electron chi connectivity index (χ4n) is 1.23. The summed E-state index contributed by atoms with van der Waals surface area (Å²) in [5, 5.41) is 2.55. The molecule has 0 atom stereocenters. The van der Waals surface area contributed by atoms with Gasteiger partial charge in [-0.3, -0.25) is 0 Å². The van der Waals surface area contributed by atoms with Crippen molar-refractivity contribution in [3.8, 4) is 5.75 Å². The number of ether oxygens (including phenoxy) is 1. The van der Waals surface area contributed by atoms with E-state index in [4.69, 9.17) is 4.74 Å². The van der Waals surface area contributed by atoms with Gasteiger partial charge in [-0.25, -0.2) is 0 Å². The van der Waals surface area contributed by atoms with Gasteiger partial charge in [-0.2, -0.15) is 0 Å². The molecule has 83 valence electrons. The third kappa shape index (κ3) is 4.15. The van der Waals surface area contributed by atoms with Gasteiger partial charge in [-0.1, -0.05) is 0 Å². The Morgan fingerprint density at radius 1 is 1.33 bits per heavy atom. The number of halogens is 2. The van der Waals surface area contributed by atoms with Crippen LogP contribution in [0.15, 0.2) is 22.7 Å². The first-order valence-corrected chi connectivity index (χ1v) is 10.3. The summed E-state index contributed by atoms with van der Waals surface area (Å²) >= 11 is 2.30. The summed E-state index contributed by atoms with van der Waals surface area (Å²) < 4.78 is 19.2. The van der Waals surface area contributed by atoms with Crippen LogP contribution in [0.4, 0.5) is 4.39 Å². The molecule has 0 fully saturated rings. The Balaban J connectivity index is 2.57. The minimum absolute atomic E-state index is 0.239. The average Bonchev–Trinajstić information content (AvgIpc) is 2.22. The summed E-state index contributed by atoms with van der Waals surface area (Å²) in [7, 11) is 0. The van der Waals surface area contributed by atoms with Crippen molar-refractivity contribution in [3.05, 3.63) is 28.5 Å². The topological polar surface area (TPSA) is 9.23 Å². The van der Waals surface area contributed by atoms with Gasteiger partial charge in [0, 0.05) is 0 Å². The Bertz CT molecular complexity index is 315. The SMILES string of the molecule is C[CH2][Ge]([CH2]C)[CH2]Oc1ccc(F)cc1Br. The van der Waals surface area contributed by atoms with Crippen LogP contribution in [0.2, 0.25) is 10.5 Å². The van der Waals surface area contributed by atoms with Crippen LogP contribution in [-0.2, 0) is 0 Å². The quantitative estimate of drug-likeness (QED) is 0.738. The number of rotatable bonds is 5. The van der Waals surface area contributed by atoms with Crippen LogP contribution < -0.4 is 4.74 Å². The second-order valence-electron chi connectivity index (χ2n) is 3.32. The molecule has 0 saturated heterocycles. The van der Waals surface area contributed by atoms with E-state index in [-0.39, 0.29) is 5.82 Å². The van der Waals surface area contributed by atoms with E-state index >= 15 is 0 Å². The summed E-state index contributed by atoms with van der Waals surface area (Å²) in [5.74, 6) is 0.514. The fourth-order valence-corrected chi connectivity index (χ4v) is 4.35. The second kappa shape index (κ2) is 6.53. The van der Waals surface area contributed by atoms with Gasteiger partial charge in [0.05, 0.1) is 0 Å². The molecule has 0 bridgehead atoms. The Morgan fingerprint density at radius 3 is 2.53 bits per heavy atom. The van der Waals surface area contributed by atoms with E-state index in [1.54, 1.807) is 6.07 Å². The number of hydrogen-bond acceptors (Lipinski definition) is 1. The van der Waals surface area contributed by atoms with Crippen molar-refractivity contribution >= 4 is 30.3 Å². The van der Waals surface area contributed by atoms with Crippen LogP contribution in [0.1, 0.15) is 13.8 Å². The second-order valence-corrected chi connectivity index (χ2v) is 10.9. The molecule has 15 heavy (non-hydrogen) atoms. The summed E-state index contributed by atoms with van der Waals surface area (Å²) in [6.45, 7) is 4.45. The molecule has 0 spiro atoms. The van der Waals surface area contributed by atoms with Gasteiger partial charge < -0.3 is 0 Å². The van der Waals surface area contributed by atoms with Crippen LogP contribution in [-0.4, -0.2) is 19.8 Å². The van der Waals surface area contributed by atoms with E-state index in [1.165, 1.54) is 22.6 Å². The van der Waals surface area contributed by atoms with E-state index < -0.39 is 14.3 Å². The van der Waals surface area contributed by atoms with Crippen LogP contribution >= 0.6 is 15.9 Å². The number of hydrogen-bond donors (Lipinski definition) is 0. The van der Waals surface area contributed by atoms with E-state index in [0.29, 0.717) is 4.47 Å². The first-order chi connectivity index (χ1) is 7.17. The summed E-state index contributed by atoms with van der Waals surface area (Å²) in [6, 6.07) is 4.55. The number of benzene rings is 1. The first-order valence-electron chi connectivity index (χ1n) is 5.08. The molecular weight excluding hydrogens is 320 g/mol. The third-order valence-corrected chi connectivity index (χ3v) is 8.30. The molecule has 0 saturated carbocycles. The Kier molecular flexibility index (Phi) is 5.68. The maximum absolute atomic E-state index is 12.8. The normalized spacial score (nSPS) is 10.7. The zero-order valence-electron chi connectivity index (χ0n) is 9.02. The Hall–Kier alpha value is -0.0271. The van der Waals surface area contributed by atoms with Crippen LogP contribution in [0.3, 0.4) is 0 Å². The molecule has 4 heteroatoms. The standard InChI is InChI=1S/C11H15BrFGeO/c1-3-14(4-2)8-15-11-6-5-9(13)7-10(11)12/h5-7H,3-4,8H2,1-2H3. The van der Waals surface area contributed by atoms with E-state index in [1.807, 2.05) is 0 Å². The molecule has 0 aliphatic rings. The molecular formula is C11H15BrFGeO. The molecule has 0 N–H and O–H groups in total. The van der Waals surface area contributed by atoms with Gasteiger partial charge in [-0.15, -0.1) is 0 Å². The zero-order chi connectivity index (χ0) is 11.3. The van der Waals surface area contributed by atoms with Gasteiger partial charge >= 0.3 is 103 Å². The van der Waals surface area contributed by atoms with Gasteiger partial charge in [0.2, 0.25) is 0 Å². The van der Waals surface area contributed by atoms with Crippen LogP contribution in [0.25, 0.3) is 0 Å². The van der Waals surface area contributed by atoms with Crippen molar-refractivity contribution in [2.24, 2.45) is 0 Å². The first kappa shape index (κ1) is 13.0. The molecule has 1 nitrogen and oxygen atoms in total. The van der Waals surface area contributed by atoms with E-state index in [2.05, 4.69) is 29.8 Å². The molecule has 0 aliphatic carbocycles. The minimum atomic E-state index is -0.992. The van der Waals surface area contributed by atoms with Gasteiger partial charge in [0.1, 0.15) is 0 Å². The van der Waals surface area contributed by atoms with Crippen LogP contribution in [0, 0.1) is 5.82 Å². The van der Waals surface area contributed by atoms with Crippen molar-refractivity contribution in [1.29, 1.82) is 0 Å². The van der Waals surface area contributed by atoms with Crippen molar-refractivity contribution in [2.45, 2.75) is 24.4 Å². The predicted octanol–water partition coefficient (Wildman–Crippen LogP) is 4.04. The molecule has 0 aromatic heterocycles. The molecule has 0 aliphatic heterocycles. The third-order valence-electron chi connectivity index (χ3n) is 2.33. The van der Waals surface area contributed by atoms with Crippen molar-refractivity contribution < 1.29 is 9.13 Å². The van der Waals surface area contributed by atoms with Gasteiger partial charge in [-0.05, 0) is 0 Å². The van der Waals surface area contributed by atoms with E-state index in [9.17, 15) is 4.39 Å². The molecule has 1 radical (unpaired) electrons. The van der Waals surface area contributed by atoms with Crippen molar-refractivity contribution in [2.75, 3.05) is 5.44 Å². The van der Waals surface area contributed by atoms with E-state index in [0.717, 1.165) is 11.2 Å². The molecule has 1 aromatic rings.